The highest BCUT2D eigenvalue weighted by atomic mass is 14.9. The Bertz CT molecular complexity index is 1000. The Morgan fingerprint density at radius 3 is 2.04 bits per heavy atom. The highest BCUT2D eigenvalue weighted by molar-refractivity contribution is 6.08. The first-order chi connectivity index (χ1) is 13.8. The standard InChI is InChI=1S/C25H27N3/c1-2-3-8-17-26-18-19-13-15-20(16-14-19)27-25-21-9-4-6-11-23(21)28-24-12-7-5-10-22(24)25/h4-7,9-16,26H,2-3,8,17-18H2,1H3,(H,27,28). The van der Waals surface area contributed by atoms with E-state index in [2.05, 4.69) is 78.2 Å². The van der Waals surface area contributed by atoms with E-state index in [1.54, 1.807) is 0 Å². The zero-order chi connectivity index (χ0) is 19.2. The number of nitrogens with zero attached hydrogens (tertiary/aromatic N) is 1. The second kappa shape index (κ2) is 8.85. The largest absolute Gasteiger partial charge is 0.354 e. The molecule has 3 aromatic carbocycles. The van der Waals surface area contributed by atoms with Crippen LogP contribution in [0.25, 0.3) is 21.8 Å². The van der Waals surface area contributed by atoms with Crippen LogP contribution in [0.2, 0.25) is 0 Å². The van der Waals surface area contributed by atoms with E-state index in [0.717, 1.165) is 46.3 Å². The molecular formula is C25H27N3. The molecule has 0 spiro atoms. The van der Waals surface area contributed by atoms with Crippen molar-refractivity contribution in [1.29, 1.82) is 0 Å². The normalized spacial score (nSPS) is 11.2. The van der Waals surface area contributed by atoms with Crippen LogP contribution in [0, 0.1) is 0 Å². The van der Waals surface area contributed by atoms with Gasteiger partial charge in [0.05, 0.1) is 16.7 Å². The average molecular weight is 370 g/mol. The number of hydrogen-bond acceptors (Lipinski definition) is 3. The van der Waals surface area contributed by atoms with E-state index in [9.17, 15) is 0 Å². The van der Waals surface area contributed by atoms with Gasteiger partial charge in [-0.15, -0.1) is 0 Å². The first kappa shape index (κ1) is 18.5. The Morgan fingerprint density at radius 1 is 0.750 bits per heavy atom. The molecule has 0 unspecified atom stereocenters. The fraction of sp³-hybridized carbons (Fsp3) is 0.240. The van der Waals surface area contributed by atoms with Crippen molar-refractivity contribution >= 4 is 33.2 Å². The van der Waals surface area contributed by atoms with Crippen molar-refractivity contribution in [1.82, 2.24) is 10.3 Å². The molecule has 1 heterocycles. The van der Waals surface area contributed by atoms with Gasteiger partial charge in [-0.25, -0.2) is 4.98 Å². The van der Waals surface area contributed by atoms with Crippen molar-refractivity contribution in [3.05, 3.63) is 78.4 Å². The molecular weight excluding hydrogens is 342 g/mol. The lowest BCUT2D eigenvalue weighted by Crippen LogP contribution is -2.14. The summed E-state index contributed by atoms with van der Waals surface area (Å²) < 4.78 is 0. The number of hydrogen-bond donors (Lipinski definition) is 2. The topological polar surface area (TPSA) is 37.0 Å². The van der Waals surface area contributed by atoms with Crippen molar-refractivity contribution in [2.45, 2.75) is 32.7 Å². The van der Waals surface area contributed by atoms with Gasteiger partial charge in [-0.3, -0.25) is 0 Å². The molecule has 28 heavy (non-hydrogen) atoms. The van der Waals surface area contributed by atoms with Crippen LogP contribution in [-0.4, -0.2) is 11.5 Å². The van der Waals surface area contributed by atoms with Crippen LogP contribution in [0.5, 0.6) is 0 Å². The molecule has 0 aliphatic carbocycles. The quantitative estimate of drug-likeness (QED) is 0.278. The van der Waals surface area contributed by atoms with Gasteiger partial charge < -0.3 is 10.6 Å². The number of aromatic nitrogens is 1. The number of nitrogens with one attached hydrogen (secondary N) is 2. The predicted molar refractivity (Wildman–Crippen MR) is 120 cm³/mol. The minimum atomic E-state index is 0.922. The molecule has 0 aliphatic rings. The first-order valence-corrected chi connectivity index (χ1v) is 10.2. The van der Waals surface area contributed by atoms with Gasteiger partial charge in [0, 0.05) is 23.0 Å². The third-order valence-electron chi connectivity index (χ3n) is 5.10. The van der Waals surface area contributed by atoms with Crippen LogP contribution in [0.1, 0.15) is 31.7 Å². The molecule has 0 fully saturated rings. The van der Waals surface area contributed by atoms with Crippen LogP contribution < -0.4 is 10.6 Å². The van der Waals surface area contributed by atoms with Gasteiger partial charge in [0.1, 0.15) is 0 Å². The minimum Gasteiger partial charge on any atom is -0.354 e. The van der Waals surface area contributed by atoms with Gasteiger partial charge in [-0.1, -0.05) is 68.3 Å². The summed E-state index contributed by atoms with van der Waals surface area (Å²) in [7, 11) is 0. The lowest BCUT2D eigenvalue weighted by atomic mass is 10.1. The van der Waals surface area contributed by atoms with Crippen molar-refractivity contribution in [3.63, 3.8) is 0 Å². The van der Waals surface area contributed by atoms with E-state index in [4.69, 9.17) is 4.98 Å². The van der Waals surface area contributed by atoms with E-state index in [0.29, 0.717) is 0 Å². The summed E-state index contributed by atoms with van der Waals surface area (Å²) >= 11 is 0. The molecule has 3 heteroatoms. The van der Waals surface area contributed by atoms with Gasteiger partial charge in [0.25, 0.3) is 0 Å². The van der Waals surface area contributed by atoms with E-state index < -0.39 is 0 Å². The van der Waals surface area contributed by atoms with Crippen molar-refractivity contribution in [2.75, 3.05) is 11.9 Å². The molecule has 0 amide bonds. The van der Waals surface area contributed by atoms with E-state index in [1.165, 1.54) is 24.8 Å². The van der Waals surface area contributed by atoms with E-state index >= 15 is 0 Å². The summed E-state index contributed by atoms with van der Waals surface area (Å²) in [6.07, 6.45) is 3.81. The van der Waals surface area contributed by atoms with Crippen molar-refractivity contribution in [3.8, 4) is 0 Å². The Morgan fingerprint density at radius 2 is 1.39 bits per heavy atom. The summed E-state index contributed by atoms with van der Waals surface area (Å²) in [4.78, 5) is 4.80. The van der Waals surface area contributed by atoms with Crippen molar-refractivity contribution in [2.24, 2.45) is 0 Å². The SMILES string of the molecule is CCCCCNCc1ccc(Nc2c3ccccc3nc3ccccc23)cc1. The molecule has 0 saturated carbocycles. The Balaban J connectivity index is 1.56. The summed E-state index contributed by atoms with van der Waals surface area (Å²) in [5.74, 6) is 0. The van der Waals surface area contributed by atoms with Crippen LogP contribution in [0.15, 0.2) is 72.8 Å². The maximum atomic E-state index is 4.80. The number of unbranched alkanes of at least 4 members (excludes halogenated alkanes) is 2. The molecule has 4 rings (SSSR count). The monoisotopic (exact) mass is 369 g/mol. The summed E-state index contributed by atoms with van der Waals surface area (Å²) in [6.45, 7) is 4.24. The lowest BCUT2D eigenvalue weighted by molar-refractivity contribution is 0.617. The van der Waals surface area contributed by atoms with Gasteiger partial charge in [-0.05, 0) is 42.8 Å². The Hall–Kier alpha value is -2.91. The fourth-order valence-electron chi connectivity index (χ4n) is 3.56. The Labute approximate surface area is 166 Å². The van der Waals surface area contributed by atoms with E-state index in [-0.39, 0.29) is 0 Å². The van der Waals surface area contributed by atoms with Gasteiger partial charge >= 0.3 is 0 Å². The van der Waals surface area contributed by atoms with Crippen LogP contribution in [0.4, 0.5) is 11.4 Å². The molecule has 3 nitrogen and oxygen atoms in total. The first-order valence-electron chi connectivity index (χ1n) is 10.2. The number of pyridine rings is 1. The highest BCUT2D eigenvalue weighted by Gasteiger charge is 2.08. The maximum Gasteiger partial charge on any atom is 0.0730 e. The number of benzene rings is 3. The summed E-state index contributed by atoms with van der Waals surface area (Å²) in [5, 5.41) is 9.45. The second-order valence-electron chi connectivity index (χ2n) is 7.23. The summed E-state index contributed by atoms with van der Waals surface area (Å²) in [6, 6.07) is 25.3. The molecule has 0 saturated heterocycles. The molecule has 0 aliphatic heterocycles. The average Bonchev–Trinajstić information content (AvgIpc) is 2.74. The van der Waals surface area contributed by atoms with Gasteiger partial charge in [-0.2, -0.15) is 0 Å². The maximum absolute atomic E-state index is 4.80. The molecule has 1 aromatic heterocycles. The Kier molecular flexibility index (Phi) is 5.83. The van der Waals surface area contributed by atoms with Gasteiger partial charge in [0.15, 0.2) is 0 Å². The molecule has 0 radical (unpaired) electrons. The smallest absolute Gasteiger partial charge is 0.0730 e. The lowest BCUT2D eigenvalue weighted by Gasteiger charge is -2.14. The fourth-order valence-corrected chi connectivity index (χ4v) is 3.56. The number of para-hydroxylation sites is 2. The highest BCUT2D eigenvalue weighted by Crippen LogP contribution is 2.32. The minimum absolute atomic E-state index is 0.922. The number of rotatable bonds is 8. The number of fused-ring (bicyclic) bond motifs is 2. The number of anilines is 2. The van der Waals surface area contributed by atoms with E-state index in [1.807, 2.05) is 12.1 Å². The zero-order valence-electron chi connectivity index (χ0n) is 16.4. The van der Waals surface area contributed by atoms with Crippen LogP contribution >= 0.6 is 0 Å². The molecule has 0 atom stereocenters. The predicted octanol–water partition coefficient (Wildman–Crippen LogP) is 6.41. The zero-order valence-corrected chi connectivity index (χ0v) is 16.4. The van der Waals surface area contributed by atoms with Gasteiger partial charge in [0.2, 0.25) is 0 Å². The van der Waals surface area contributed by atoms with Crippen LogP contribution in [0.3, 0.4) is 0 Å². The second-order valence-corrected chi connectivity index (χ2v) is 7.23. The summed E-state index contributed by atoms with van der Waals surface area (Å²) in [5.41, 5.74) is 5.54. The molecule has 4 aromatic rings. The third-order valence-corrected chi connectivity index (χ3v) is 5.10. The third kappa shape index (κ3) is 4.15. The van der Waals surface area contributed by atoms with Crippen LogP contribution in [-0.2, 0) is 6.54 Å². The molecule has 0 bridgehead atoms. The molecule has 142 valence electrons. The molecule has 2 N–H and O–H groups in total. The van der Waals surface area contributed by atoms with Crippen molar-refractivity contribution < 1.29 is 0 Å².